The average molecular weight is 373 g/mol. The molecular weight excluding hydrogens is 355 g/mol. The Balaban J connectivity index is 1.77. The summed E-state index contributed by atoms with van der Waals surface area (Å²) in [5.74, 6) is 0.285. The number of fused-ring (bicyclic) bond motifs is 1. The number of nitrogens with one attached hydrogen (secondary N) is 1. The molecule has 1 heterocycles. The minimum absolute atomic E-state index is 0.147. The number of hydrogen-bond acceptors (Lipinski definition) is 3. The third-order valence-electron chi connectivity index (χ3n) is 4.20. The highest BCUT2D eigenvalue weighted by Gasteiger charge is 2.29. The molecule has 1 N–H and O–H groups in total. The molecule has 1 aromatic carbocycles. The molecule has 1 unspecified atom stereocenters. The van der Waals surface area contributed by atoms with Gasteiger partial charge < -0.3 is 4.42 Å². The lowest BCUT2D eigenvalue weighted by Gasteiger charge is -2.26. The zero-order valence-corrected chi connectivity index (χ0v) is 14.7. The average Bonchev–Trinajstić information content (AvgIpc) is 3.00. The van der Waals surface area contributed by atoms with Gasteiger partial charge in [-0.2, -0.15) is 17.4 Å². The topological polar surface area (TPSA) is 62.6 Å². The van der Waals surface area contributed by atoms with Crippen molar-refractivity contribution in [1.29, 1.82) is 0 Å². The van der Waals surface area contributed by atoms with Crippen LogP contribution in [0.15, 0.2) is 34.9 Å². The molecule has 24 heavy (non-hydrogen) atoms. The van der Waals surface area contributed by atoms with Gasteiger partial charge in [-0.3, -0.25) is 0 Å². The molecule has 130 valence electrons. The van der Waals surface area contributed by atoms with E-state index >= 15 is 0 Å². The zero-order valence-electron chi connectivity index (χ0n) is 13.1. The van der Waals surface area contributed by atoms with Crippen LogP contribution in [0.4, 0.5) is 4.39 Å². The van der Waals surface area contributed by atoms with Crippen LogP contribution < -0.4 is 4.72 Å². The van der Waals surface area contributed by atoms with E-state index in [1.165, 1.54) is 25.2 Å². The Hall–Kier alpha value is -1.41. The Bertz CT molecular complexity index is 817. The van der Waals surface area contributed by atoms with E-state index in [0.717, 1.165) is 28.5 Å². The SMILES string of the molecule is CN(Cc1c(F)cccc1Cl)S(=O)(=O)NC1CCCc2occc21. The molecule has 1 aliphatic rings. The van der Waals surface area contributed by atoms with Gasteiger partial charge in [0.2, 0.25) is 0 Å². The highest BCUT2D eigenvalue weighted by atomic mass is 35.5. The molecule has 1 aromatic heterocycles. The number of aryl methyl sites for hydroxylation is 1. The fourth-order valence-electron chi connectivity index (χ4n) is 2.87. The number of benzene rings is 1. The quantitative estimate of drug-likeness (QED) is 0.874. The van der Waals surface area contributed by atoms with Crippen LogP contribution in [0.3, 0.4) is 0 Å². The van der Waals surface area contributed by atoms with Crippen LogP contribution in [0.5, 0.6) is 0 Å². The first-order valence-electron chi connectivity index (χ1n) is 7.61. The third-order valence-corrected chi connectivity index (χ3v) is 6.08. The van der Waals surface area contributed by atoms with Gasteiger partial charge in [0.25, 0.3) is 10.2 Å². The fraction of sp³-hybridized carbons (Fsp3) is 0.375. The summed E-state index contributed by atoms with van der Waals surface area (Å²) in [6, 6.07) is 5.73. The molecule has 8 heteroatoms. The summed E-state index contributed by atoms with van der Waals surface area (Å²) in [4.78, 5) is 0. The van der Waals surface area contributed by atoms with Gasteiger partial charge in [0.05, 0.1) is 12.3 Å². The maximum Gasteiger partial charge on any atom is 0.280 e. The Morgan fingerprint density at radius 1 is 1.42 bits per heavy atom. The van der Waals surface area contributed by atoms with Gasteiger partial charge in [0.15, 0.2) is 0 Å². The summed E-state index contributed by atoms with van der Waals surface area (Å²) >= 11 is 5.97. The molecule has 1 aliphatic carbocycles. The second-order valence-corrected chi connectivity index (χ2v) is 8.04. The van der Waals surface area contributed by atoms with Crippen molar-refractivity contribution in [2.24, 2.45) is 0 Å². The maximum atomic E-state index is 13.9. The van der Waals surface area contributed by atoms with E-state index in [1.54, 1.807) is 12.3 Å². The van der Waals surface area contributed by atoms with Gasteiger partial charge in [-0.25, -0.2) is 4.39 Å². The van der Waals surface area contributed by atoms with Crippen LogP contribution in [-0.2, 0) is 23.2 Å². The molecule has 1 atom stereocenters. The molecule has 0 fully saturated rings. The lowest BCUT2D eigenvalue weighted by atomic mass is 9.94. The zero-order chi connectivity index (χ0) is 17.3. The third kappa shape index (κ3) is 3.49. The van der Waals surface area contributed by atoms with Crippen molar-refractivity contribution in [3.8, 4) is 0 Å². The highest BCUT2D eigenvalue weighted by Crippen LogP contribution is 2.31. The number of furan rings is 1. The number of hydrogen-bond donors (Lipinski definition) is 1. The van der Waals surface area contributed by atoms with Crippen LogP contribution in [0.25, 0.3) is 0 Å². The summed E-state index contributed by atoms with van der Waals surface area (Å²) in [6.45, 7) is -0.147. The molecule has 3 rings (SSSR count). The minimum Gasteiger partial charge on any atom is -0.469 e. The molecule has 0 bridgehead atoms. The molecular formula is C16H18ClFN2O3S. The van der Waals surface area contributed by atoms with E-state index in [1.807, 2.05) is 0 Å². The standard InChI is InChI=1S/C16H18ClFN2O3S/c1-20(10-12-13(17)4-2-5-14(12)18)24(21,22)19-15-6-3-7-16-11(15)8-9-23-16/h2,4-5,8-9,15,19H,3,6-7,10H2,1H3. The predicted octanol–water partition coefficient (Wildman–Crippen LogP) is 3.42. The first-order valence-corrected chi connectivity index (χ1v) is 9.43. The van der Waals surface area contributed by atoms with E-state index in [-0.39, 0.29) is 23.2 Å². The van der Waals surface area contributed by atoms with Gasteiger partial charge in [-0.15, -0.1) is 0 Å². The van der Waals surface area contributed by atoms with Gasteiger partial charge in [-0.05, 0) is 31.0 Å². The first-order chi connectivity index (χ1) is 11.4. The van der Waals surface area contributed by atoms with E-state index in [0.29, 0.717) is 6.42 Å². The minimum atomic E-state index is -3.80. The molecule has 0 amide bonds. The fourth-order valence-corrected chi connectivity index (χ4v) is 4.18. The molecule has 2 aromatic rings. The van der Waals surface area contributed by atoms with Crippen molar-refractivity contribution in [1.82, 2.24) is 9.03 Å². The lowest BCUT2D eigenvalue weighted by molar-refractivity contribution is 0.411. The summed E-state index contributed by atoms with van der Waals surface area (Å²) in [5.41, 5.74) is 1.02. The molecule has 0 radical (unpaired) electrons. The van der Waals surface area contributed by atoms with Crippen LogP contribution >= 0.6 is 11.6 Å². The number of halogens is 2. The summed E-state index contributed by atoms with van der Waals surface area (Å²) in [5, 5.41) is 0.201. The Labute approximate surface area is 145 Å². The van der Waals surface area contributed by atoms with Gasteiger partial charge in [0, 0.05) is 36.2 Å². The summed E-state index contributed by atoms with van der Waals surface area (Å²) < 4.78 is 48.1. The highest BCUT2D eigenvalue weighted by molar-refractivity contribution is 7.87. The van der Waals surface area contributed by atoms with Crippen LogP contribution in [0, 0.1) is 5.82 Å². The summed E-state index contributed by atoms with van der Waals surface area (Å²) in [6.07, 6.45) is 3.91. The second kappa shape index (κ2) is 6.84. The van der Waals surface area contributed by atoms with Gasteiger partial charge in [0.1, 0.15) is 11.6 Å². The second-order valence-electron chi connectivity index (χ2n) is 5.82. The molecule has 0 saturated carbocycles. The van der Waals surface area contributed by atoms with Crippen molar-refractivity contribution in [3.05, 3.63) is 58.3 Å². The van der Waals surface area contributed by atoms with Crippen LogP contribution in [-0.4, -0.2) is 19.8 Å². The van der Waals surface area contributed by atoms with Gasteiger partial charge >= 0.3 is 0 Å². The normalized spacial score (nSPS) is 17.9. The first kappa shape index (κ1) is 17.4. The predicted molar refractivity (Wildman–Crippen MR) is 89.3 cm³/mol. The Morgan fingerprint density at radius 3 is 2.96 bits per heavy atom. The largest absolute Gasteiger partial charge is 0.469 e. The van der Waals surface area contributed by atoms with E-state index in [2.05, 4.69) is 4.72 Å². The van der Waals surface area contributed by atoms with Crippen molar-refractivity contribution < 1.29 is 17.2 Å². The van der Waals surface area contributed by atoms with Crippen molar-refractivity contribution in [3.63, 3.8) is 0 Å². The molecule has 5 nitrogen and oxygen atoms in total. The Morgan fingerprint density at radius 2 is 2.21 bits per heavy atom. The van der Waals surface area contributed by atoms with Gasteiger partial charge in [-0.1, -0.05) is 17.7 Å². The maximum absolute atomic E-state index is 13.9. The monoisotopic (exact) mass is 372 g/mol. The Kier molecular flexibility index (Phi) is 4.96. The van der Waals surface area contributed by atoms with Crippen LogP contribution in [0.1, 0.15) is 35.8 Å². The lowest BCUT2D eigenvalue weighted by Crippen LogP contribution is -2.40. The molecule has 0 spiro atoms. The van der Waals surface area contributed by atoms with Crippen molar-refractivity contribution >= 4 is 21.8 Å². The van der Waals surface area contributed by atoms with Crippen molar-refractivity contribution in [2.45, 2.75) is 31.8 Å². The number of nitrogens with zero attached hydrogens (tertiary/aromatic N) is 1. The molecule has 0 aliphatic heterocycles. The van der Waals surface area contributed by atoms with Crippen molar-refractivity contribution in [2.75, 3.05) is 7.05 Å². The van der Waals surface area contributed by atoms with E-state index in [4.69, 9.17) is 16.0 Å². The van der Waals surface area contributed by atoms with E-state index in [9.17, 15) is 12.8 Å². The number of rotatable bonds is 5. The smallest absolute Gasteiger partial charge is 0.280 e. The van der Waals surface area contributed by atoms with Crippen LogP contribution in [0.2, 0.25) is 5.02 Å². The summed E-state index contributed by atoms with van der Waals surface area (Å²) in [7, 11) is -2.40. The van der Waals surface area contributed by atoms with E-state index < -0.39 is 16.0 Å². The molecule has 0 saturated heterocycles.